The number of aryl methyl sites for hydroxylation is 1. The summed E-state index contributed by atoms with van der Waals surface area (Å²) in [6.07, 6.45) is 2.20. The first-order valence-corrected chi connectivity index (χ1v) is 5.35. The molecular weight excluding hydrogens is 190 g/mol. The van der Waals surface area contributed by atoms with E-state index >= 15 is 0 Å². The van der Waals surface area contributed by atoms with Gasteiger partial charge in [0, 0.05) is 6.04 Å². The number of hydrogen-bond donors (Lipinski definition) is 1. The van der Waals surface area contributed by atoms with E-state index in [0.29, 0.717) is 12.8 Å². The monoisotopic (exact) mass is 207 g/mol. The van der Waals surface area contributed by atoms with E-state index in [-0.39, 0.29) is 0 Å². The number of hydrogen-bond acceptors (Lipinski definition) is 3. The molecule has 0 spiro atoms. The van der Waals surface area contributed by atoms with E-state index in [1.807, 2.05) is 13.1 Å². The van der Waals surface area contributed by atoms with E-state index in [0.717, 1.165) is 24.3 Å². The maximum absolute atomic E-state index is 5.33. The van der Waals surface area contributed by atoms with Crippen LogP contribution >= 0.6 is 0 Å². The third kappa shape index (κ3) is 2.42. The molecule has 0 saturated carbocycles. The van der Waals surface area contributed by atoms with E-state index in [1.54, 1.807) is 0 Å². The Kier molecular flexibility index (Phi) is 3.11. The van der Waals surface area contributed by atoms with Crippen LogP contribution in [0.2, 0.25) is 0 Å². The highest BCUT2D eigenvalue weighted by Crippen LogP contribution is 2.32. The van der Waals surface area contributed by atoms with Crippen molar-refractivity contribution in [2.45, 2.75) is 25.8 Å². The minimum absolute atomic E-state index is 0.353. The summed E-state index contributed by atoms with van der Waals surface area (Å²) in [5, 5.41) is 3.23. The lowest BCUT2D eigenvalue weighted by Crippen LogP contribution is -2.21. The molecule has 1 atom stereocenters. The molecule has 0 amide bonds. The van der Waals surface area contributed by atoms with Crippen LogP contribution in [0.3, 0.4) is 0 Å². The van der Waals surface area contributed by atoms with Crippen LogP contribution < -0.4 is 14.8 Å². The summed E-state index contributed by atoms with van der Waals surface area (Å²) in [6, 6.07) is 6.72. The smallest absolute Gasteiger partial charge is 0.231 e. The Labute approximate surface area is 90.4 Å². The molecule has 1 aliphatic rings. The normalized spacial score (nSPS) is 15.3. The lowest BCUT2D eigenvalue weighted by molar-refractivity contribution is 0.174. The van der Waals surface area contributed by atoms with E-state index < -0.39 is 0 Å². The molecule has 1 aromatic rings. The van der Waals surface area contributed by atoms with Gasteiger partial charge in [0.15, 0.2) is 11.5 Å². The fraction of sp³-hybridized carbons (Fsp3) is 0.500. The summed E-state index contributed by atoms with van der Waals surface area (Å²) in [7, 11) is 1.99. The van der Waals surface area contributed by atoms with Crippen molar-refractivity contribution in [3.8, 4) is 11.5 Å². The summed E-state index contributed by atoms with van der Waals surface area (Å²) in [5.74, 6) is 1.74. The van der Waals surface area contributed by atoms with Crippen LogP contribution in [0.5, 0.6) is 11.5 Å². The Morgan fingerprint density at radius 1 is 1.33 bits per heavy atom. The van der Waals surface area contributed by atoms with E-state index in [2.05, 4.69) is 24.4 Å². The average molecular weight is 207 g/mol. The van der Waals surface area contributed by atoms with E-state index in [4.69, 9.17) is 9.47 Å². The molecule has 0 aliphatic carbocycles. The molecule has 2 rings (SSSR count). The number of ether oxygens (including phenoxy) is 2. The number of fused-ring (bicyclic) bond motifs is 1. The van der Waals surface area contributed by atoms with E-state index in [9.17, 15) is 0 Å². The summed E-state index contributed by atoms with van der Waals surface area (Å²) in [4.78, 5) is 0. The third-order valence-electron chi connectivity index (χ3n) is 2.80. The Morgan fingerprint density at radius 2 is 2.13 bits per heavy atom. The summed E-state index contributed by atoms with van der Waals surface area (Å²) in [5.41, 5.74) is 1.31. The molecule has 1 N–H and O–H groups in total. The van der Waals surface area contributed by atoms with Crippen molar-refractivity contribution < 1.29 is 9.47 Å². The summed E-state index contributed by atoms with van der Waals surface area (Å²) in [6.45, 7) is 2.54. The lowest BCUT2D eigenvalue weighted by atomic mass is 10.1. The molecule has 0 bridgehead atoms. The van der Waals surface area contributed by atoms with Gasteiger partial charge in [0.25, 0.3) is 0 Å². The third-order valence-corrected chi connectivity index (χ3v) is 2.80. The van der Waals surface area contributed by atoms with Crippen molar-refractivity contribution in [2.24, 2.45) is 0 Å². The average Bonchev–Trinajstić information content (AvgIpc) is 2.72. The first-order valence-electron chi connectivity index (χ1n) is 5.35. The van der Waals surface area contributed by atoms with Gasteiger partial charge in [0.1, 0.15) is 0 Å². The van der Waals surface area contributed by atoms with E-state index in [1.165, 1.54) is 5.56 Å². The first-order chi connectivity index (χ1) is 7.29. The Morgan fingerprint density at radius 3 is 2.93 bits per heavy atom. The van der Waals surface area contributed by atoms with Gasteiger partial charge in [0.05, 0.1) is 0 Å². The van der Waals surface area contributed by atoms with Crippen molar-refractivity contribution in [2.75, 3.05) is 13.8 Å². The molecule has 3 nitrogen and oxygen atoms in total. The van der Waals surface area contributed by atoms with Gasteiger partial charge >= 0.3 is 0 Å². The van der Waals surface area contributed by atoms with Gasteiger partial charge in [-0.05, 0) is 44.5 Å². The summed E-state index contributed by atoms with van der Waals surface area (Å²) >= 11 is 0. The standard InChI is InChI=1S/C12H17NO2/c1-9(13-2)3-4-10-5-6-11-12(7-10)15-8-14-11/h5-7,9,13H,3-4,8H2,1-2H3. The zero-order valence-corrected chi connectivity index (χ0v) is 9.25. The van der Waals surface area contributed by atoms with Gasteiger partial charge in [0.2, 0.25) is 6.79 Å². The highest BCUT2D eigenvalue weighted by atomic mass is 16.7. The molecule has 1 heterocycles. The second-order valence-electron chi connectivity index (χ2n) is 3.92. The van der Waals surface area contributed by atoms with Crippen LogP contribution in [0.15, 0.2) is 18.2 Å². The molecule has 0 radical (unpaired) electrons. The van der Waals surface area contributed by atoms with Crippen molar-refractivity contribution >= 4 is 0 Å². The second-order valence-corrected chi connectivity index (χ2v) is 3.92. The molecular formula is C12H17NO2. The molecule has 1 aromatic carbocycles. The Hall–Kier alpha value is -1.22. The Balaban J connectivity index is 1.98. The fourth-order valence-electron chi connectivity index (χ4n) is 1.62. The van der Waals surface area contributed by atoms with Crippen molar-refractivity contribution in [3.63, 3.8) is 0 Å². The molecule has 15 heavy (non-hydrogen) atoms. The van der Waals surface area contributed by atoms with Gasteiger partial charge in [-0.25, -0.2) is 0 Å². The molecule has 3 heteroatoms. The highest BCUT2D eigenvalue weighted by Gasteiger charge is 2.13. The molecule has 1 aliphatic heterocycles. The predicted molar refractivity (Wildman–Crippen MR) is 59.4 cm³/mol. The molecule has 0 aromatic heterocycles. The van der Waals surface area contributed by atoms with Gasteiger partial charge in [-0.3, -0.25) is 0 Å². The predicted octanol–water partition coefficient (Wildman–Crippen LogP) is 1.96. The zero-order valence-electron chi connectivity index (χ0n) is 9.25. The fourth-order valence-corrected chi connectivity index (χ4v) is 1.62. The maximum Gasteiger partial charge on any atom is 0.231 e. The minimum atomic E-state index is 0.353. The van der Waals surface area contributed by atoms with Gasteiger partial charge < -0.3 is 14.8 Å². The topological polar surface area (TPSA) is 30.5 Å². The van der Waals surface area contributed by atoms with Crippen LogP contribution in [0.1, 0.15) is 18.9 Å². The van der Waals surface area contributed by atoms with Gasteiger partial charge in [-0.1, -0.05) is 6.07 Å². The van der Waals surface area contributed by atoms with Crippen LogP contribution in [0, 0.1) is 0 Å². The molecule has 82 valence electrons. The summed E-state index contributed by atoms with van der Waals surface area (Å²) < 4.78 is 10.6. The quantitative estimate of drug-likeness (QED) is 0.818. The van der Waals surface area contributed by atoms with Gasteiger partial charge in [-0.2, -0.15) is 0 Å². The number of benzene rings is 1. The van der Waals surface area contributed by atoms with Crippen LogP contribution in [-0.4, -0.2) is 19.9 Å². The Bertz CT molecular complexity index is 338. The van der Waals surface area contributed by atoms with Gasteiger partial charge in [-0.15, -0.1) is 0 Å². The molecule has 0 fully saturated rings. The van der Waals surface area contributed by atoms with Crippen LogP contribution in [-0.2, 0) is 6.42 Å². The SMILES string of the molecule is CNC(C)CCc1ccc2c(c1)OCO2. The highest BCUT2D eigenvalue weighted by molar-refractivity contribution is 5.44. The van der Waals surface area contributed by atoms with Crippen LogP contribution in [0.4, 0.5) is 0 Å². The lowest BCUT2D eigenvalue weighted by Gasteiger charge is -2.09. The van der Waals surface area contributed by atoms with Crippen molar-refractivity contribution in [1.82, 2.24) is 5.32 Å². The first kappa shape index (κ1) is 10.3. The maximum atomic E-state index is 5.33. The number of nitrogens with one attached hydrogen (secondary N) is 1. The second kappa shape index (κ2) is 4.53. The largest absolute Gasteiger partial charge is 0.454 e. The number of rotatable bonds is 4. The van der Waals surface area contributed by atoms with Crippen molar-refractivity contribution in [3.05, 3.63) is 23.8 Å². The van der Waals surface area contributed by atoms with Crippen molar-refractivity contribution in [1.29, 1.82) is 0 Å². The van der Waals surface area contributed by atoms with Crippen LogP contribution in [0.25, 0.3) is 0 Å². The minimum Gasteiger partial charge on any atom is -0.454 e. The molecule has 0 saturated heterocycles. The molecule has 1 unspecified atom stereocenters. The zero-order chi connectivity index (χ0) is 10.7.